The first-order valence-corrected chi connectivity index (χ1v) is 5.80. The molecule has 8 heteroatoms. The van der Waals surface area contributed by atoms with Crippen LogP contribution in [0.3, 0.4) is 0 Å². The van der Waals surface area contributed by atoms with E-state index in [1.807, 2.05) is 0 Å². The predicted octanol–water partition coefficient (Wildman–Crippen LogP) is 4.86. The maximum absolute atomic E-state index is 12.5. The highest BCUT2D eigenvalue weighted by Gasteiger charge is 2.33. The normalized spacial score (nSPS) is 11.8. The Morgan fingerprint density at radius 2 is 1.83 bits per heavy atom. The number of nitrogens with zero attached hydrogens (tertiary/aromatic N) is 1. The fraction of sp³-hybridized carbons (Fsp3) is 0.100. The number of halogens is 5. The van der Waals surface area contributed by atoms with E-state index in [0.717, 1.165) is 10.7 Å². The molecule has 0 bridgehead atoms. The molecule has 2 aromatic rings. The lowest BCUT2D eigenvalue weighted by molar-refractivity contribution is -0.141. The van der Waals surface area contributed by atoms with Crippen molar-refractivity contribution in [3.05, 3.63) is 44.6 Å². The van der Waals surface area contributed by atoms with E-state index >= 15 is 0 Å². The number of rotatable bonds is 1. The minimum absolute atomic E-state index is 0.0217. The van der Waals surface area contributed by atoms with Crippen LogP contribution in [0.25, 0.3) is 5.69 Å². The Balaban J connectivity index is 2.58. The third kappa shape index (κ3) is 2.55. The van der Waals surface area contributed by atoms with E-state index in [0.29, 0.717) is 10.7 Å². The second-order valence-corrected chi connectivity index (χ2v) is 4.70. The summed E-state index contributed by atoms with van der Waals surface area (Å²) in [5.41, 5.74) is -0.625. The van der Waals surface area contributed by atoms with Gasteiger partial charge in [-0.05, 0) is 18.2 Å². The van der Waals surface area contributed by atoms with Crippen LogP contribution in [0.4, 0.5) is 13.2 Å². The smallest absolute Gasteiger partial charge is 0.288 e. The van der Waals surface area contributed by atoms with E-state index in [1.165, 1.54) is 18.2 Å². The van der Waals surface area contributed by atoms with Gasteiger partial charge in [0.05, 0.1) is 10.7 Å². The number of hydrogen-bond donors (Lipinski definition) is 1. The summed E-state index contributed by atoms with van der Waals surface area (Å²) < 4.78 is 38.6. The van der Waals surface area contributed by atoms with Crippen LogP contribution in [0.5, 0.6) is 0 Å². The summed E-state index contributed by atoms with van der Waals surface area (Å²) >= 11 is 16.5. The molecule has 0 atom stereocenters. The summed E-state index contributed by atoms with van der Waals surface area (Å²) in [5.74, 6) is 0. The zero-order valence-corrected chi connectivity index (χ0v) is 10.9. The molecule has 1 aromatic carbocycles. The zero-order chi connectivity index (χ0) is 13.5. The lowest BCUT2D eigenvalue weighted by Gasteiger charge is -2.07. The van der Waals surface area contributed by atoms with Crippen LogP contribution in [0.15, 0.2) is 24.3 Å². The number of H-pyrrole nitrogens is 1. The molecule has 1 heterocycles. The van der Waals surface area contributed by atoms with Crippen LogP contribution < -0.4 is 0 Å². The number of aromatic amines is 1. The number of alkyl halides is 3. The molecule has 2 nitrogen and oxygen atoms in total. The average molecular weight is 313 g/mol. The van der Waals surface area contributed by atoms with Gasteiger partial charge in [-0.1, -0.05) is 35.4 Å². The van der Waals surface area contributed by atoms with Gasteiger partial charge < -0.3 is 0 Å². The Labute approximate surface area is 115 Å². The monoisotopic (exact) mass is 312 g/mol. The van der Waals surface area contributed by atoms with Crippen LogP contribution in [-0.2, 0) is 6.18 Å². The molecule has 1 aromatic heterocycles. The Morgan fingerprint density at radius 1 is 1.17 bits per heavy atom. The summed E-state index contributed by atoms with van der Waals surface area (Å²) in [4.78, 5) is 0. The highest BCUT2D eigenvalue weighted by Crippen LogP contribution is 2.30. The molecular formula is C10H5Cl2F3N2S. The first kappa shape index (κ1) is 13.5. The Morgan fingerprint density at radius 3 is 2.33 bits per heavy atom. The van der Waals surface area contributed by atoms with Crippen molar-refractivity contribution in [1.82, 2.24) is 9.78 Å². The van der Waals surface area contributed by atoms with Gasteiger partial charge in [-0.15, -0.1) is 0 Å². The molecule has 0 fully saturated rings. The van der Waals surface area contributed by atoms with Crippen LogP contribution in [0.2, 0.25) is 10.0 Å². The van der Waals surface area contributed by atoms with Crippen LogP contribution >= 0.6 is 35.4 Å². The summed E-state index contributed by atoms with van der Waals surface area (Å²) in [6.45, 7) is 0. The highest BCUT2D eigenvalue weighted by molar-refractivity contribution is 7.71. The SMILES string of the molecule is FC(F)(F)c1cc(=S)n(-c2ccc(Cl)cc2Cl)[nH]1. The fourth-order valence-electron chi connectivity index (χ4n) is 1.38. The Hall–Kier alpha value is -0.980. The summed E-state index contributed by atoms with van der Waals surface area (Å²) in [6.07, 6.45) is -4.49. The van der Waals surface area contributed by atoms with E-state index in [1.54, 1.807) is 0 Å². The first-order chi connectivity index (χ1) is 8.29. The third-order valence-corrected chi connectivity index (χ3v) is 3.01. The number of aromatic nitrogens is 2. The van der Waals surface area contributed by atoms with E-state index in [9.17, 15) is 13.2 Å². The van der Waals surface area contributed by atoms with Gasteiger partial charge in [-0.2, -0.15) is 13.2 Å². The molecule has 96 valence electrons. The second kappa shape index (κ2) is 4.60. The topological polar surface area (TPSA) is 20.7 Å². The maximum atomic E-state index is 12.5. The zero-order valence-electron chi connectivity index (χ0n) is 8.55. The first-order valence-electron chi connectivity index (χ1n) is 4.64. The molecular weight excluding hydrogens is 308 g/mol. The number of benzene rings is 1. The molecule has 0 amide bonds. The molecule has 0 spiro atoms. The van der Waals surface area contributed by atoms with Crippen LogP contribution in [0, 0.1) is 4.64 Å². The molecule has 0 unspecified atom stereocenters. The minimum Gasteiger partial charge on any atom is -0.288 e. The standard InChI is InChI=1S/C10H5Cl2F3N2S/c11-5-1-2-7(6(12)3-5)17-9(18)4-8(16-17)10(13,14)15/h1-4,16H. The van der Waals surface area contributed by atoms with Gasteiger partial charge in [0.15, 0.2) is 0 Å². The second-order valence-electron chi connectivity index (χ2n) is 3.44. The van der Waals surface area contributed by atoms with Crippen molar-refractivity contribution in [3.8, 4) is 5.69 Å². The van der Waals surface area contributed by atoms with Crippen LogP contribution in [0.1, 0.15) is 5.69 Å². The van der Waals surface area contributed by atoms with E-state index in [2.05, 4.69) is 5.10 Å². The molecule has 2 rings (SSSR count). The van der Waals surface area contributed by atoms with Gasteiger partial charge in [-0.25, -0.2) is 4.68 Å². The van der Waals surface area contributed by atoms with Crippen molar-refractivity contribution >= 4 is 35.4 Å². The van der Waals surface area contributed by atoms with Gasteiger partial charge in [-0.3, -0.25) is 5.10 Å². The molecule has 0 saturated heterocycles. The summed E-state index contributed by atoms with van der Waals surface area (Å²) in [6, 6.07) is 5.25. The minimum atomic E-state index is -4.49. The van der Waals surface area contributed by atoms with Crippen molar-refractivity contribution in [2.24, 2.45) is 0 Å². The van der Waals surface area contributed by atoms with Crippen molar-refractivity contribution in [3.63, 3.8) is 0 Å². The van der Waals surface area contributed by atoms with Gasteiger partial charge in [0, 0.05) is 11.1 Å². The van der Waals surface area contributed by atoms with Crippen LogP contribution in [-0.4, -0.2) is 9.78 Å². The molecule has 0 radical (unpaired) electrons. The van der Waals surface area contributed by atoms with E-state index < -0.39 is 11.9 Å². The van der Waals surface area contributed by atoms with Crippen molar-refractivity contribution < 1.29 is 13.2 Å². The molecule has 1 N–H and O–H groups in total. The van der Waals surface area contributed by atoms with Gasteiger partial charge in [0.1, 0.15) is 10.3 Å². The van der Waals surface area contributed by atoms with Crippen molar-refractivity contribution in [2.75, 3.05) is 0 Å². The summed E-state index contributed by atoms with van der Waals surface area (Å²) in [5, 5.41) is 2.75. The number of nitrogens with one attached hydrogen (secondary N) is 1. The molecule has 18 heavy (non-hydrogen) atoms. The molecule has 0 aliphatic heterocycles. The highest BCUT2D eigenvalue weighted by atomic mass is 35.5. The molecule has 0 aliphatic carbocycles. The molecule has 0 saturated carbocycles. The van der Waals surface area contributed by atoms with Gasteiger partial charge in [0.2, 0.25) is 0 Å². The average Bonchev–Trinajstić information content (AvgIpc) is 2.60. The van der Waals surface area contributed by atoms with Crippen molar-refractivity contribution in [2.45, 2.75) is 6.18 Å². The van der Waals surface area contributed by atoms with Gasteiger partial charge in [0.25, 0.3) is 0 Å². The van der Waals surface area contributed by atoms with E-state index in [-0.39, 0.29) is 9.66 Å². The Bertz CT molecular complexity index is 645. The Kier molecular flexibility index (Phi) is 3.44. The molecule has 0 aliphatic rings. The van der Waals surface area contributed by atoms with Gasteiger partial charge >= 0.3 is 6.18 Å². The lowest BCUT2D eigenvalue weighted by Crippen LogP contribution is -2.07. The summed E-state index contributed by atoms with van der Waals surface area (Å²) in [7, 11) is 0. The lowest BCUT2D eigenvalue weighted by atomic mass is 10.3. The largest absolute Gasteiger partial charge is 0.432 e. The maximum Gasteiger partial charge on any atom is 0.432 e. The quantitative estimate of drug-likeness (QED) is 0.746. The van der Waals surface area contributed by atoms with Crippen molar-refractivity contribution in [1.29, 1.82) is 0 Å². The third-order valence-electron chi connectivity index (χ3n) is 2.18. The predicted molar refractivity (Wildman–Crippen MR) is 66.0 cm³/mol. The fourth-order valence-corrected chi connectivity index (χ4v) is 2.14. The number of hydrogen-bond acceptors (Lipinski definition) is 1. The van der Waals surface area contributed by atoms with E-state index in [4.69, 9.17) is 35.4 Å².